The summed E-state index contributed by atoms with van der Waals surface area (Å²) in [5, 5.41) is 5.33. The lowest BCUT2D eigenvalue weighted by molar-refractivity contribution is -0.120. The SMILES string of the molecule is CCc1ccccc1NC(=O)CNC(=O)c1cc(OC)c(OCC(N)=O)c(OC)c1. The standard InChI is InChI=1S/C21H25N3O6/c1-4-13-7-5-6-8-15(13)24-19(26)11-23-21(27)14-9-16(28-2)20(17(10-14)29-3)30-12-18(22)25/h5-10H,4,11-12H2,1-3H3,(H2,22,25)(H,23,27)(H,24,26). The molecule has 0 fully saturated rings. The van der Waals surface area contributed by atoms with Crippen LogP contribution in [0.1, 0.15) is 22.8 Å². The van der Waals surface area contributed by atoms with Crippen molar-refractivity contribution in [3.63, 3.8) is 0 Å². The van der Waals surface area contributed by atoms with Crippen LogP contribution in [-0.2, 0) is 16.0 Å². The maximum Gasteiger partial charge on any atom is 0.255 e. The minimum atomic E-state index is -0.670. The molecule has 0 aliphatic heterocycles. The zero-order valence-electron chi connectivity index (χ0n) is 17.1. The number of hydrogen-bond donors (Lipinski definition) is 3. The molecule has 4 N–H and O–H groups in total. The summed E-state index contributed by atoms with van der Waals surface area (Å²) in [4.78, 5) is 35.7. The summed E-state index contributed by atoms with van der Waals surface area (Å²) in [6, 6.07) is 10.3. The molecule has 9 nitrogen and oxygen atoms in total. The van der Waals surface area contributed by atoms with Gasteiger partial charge in [0.25, 0.3) is 11.8 Å². The molecule has 0 aliphatic carbocycles. The average Bonchev–Trinajstić information content (AvgIpc) is 2.75. The smallest absolute Gasteiger partial charge is 0.255 e. The van der Waals surface area contributed by atoms with E-state index in [4.69, 9.17) is 19.9 Å². The number of carbonyl (C=O) groups excluding carboxylic acids is 3. The molecule has 2 aromatic carbocycles. The van der Waals surface area contributed by atoms with Gasteiger partial charge in [-0.1, -0.05) is 25.1 Å². The van der Waals surface area contributed by atoms with Crippen molar-refractivity contribution >= 4 is 23.4 Å². The molecule has 0 aromatic heterocycles. The molecule has 0 spiro atoms. The molecular formula is C21H25N3O6. The molecule has 0 unspecified atom stereocenters. The molecule has 2 aromatic rings. The molecule has 160 valence electrons. The predicted octanol–water partition coefficient (Wildman–Crippen LogP) is 1.50. The van der Waals surface area contributed by atoms with Gasteiger partial charge in [-0.15, -0.1) is 0 Å². The van der Waals surface area contributed by atoms with Gasteiger partial charge in [0.15, 0.2) is 18.1 Å². The monoisotopic (exact) mass is 415 g/mol. The van der Waals surface area contributed by atoms with Crippen molar-refractivity contribution < 1.29 is 28.6 Å². The Hall–Kier alpha value is -3.75. The van der Waals surface area contributed by atoms with E-state index < -0.39 is 11.8 Å². The van der Waals surface area contributed by atoms with Gasteiger partial charge in [-0.3, -0.25) is 14.4 Å². The lowest BCUT2D eigenvalue weighted by Crippen LogP contribution is -2.33. The van der Waals surface area contributed by atoms with Crippen LogP contribution in [0, 0.1) is 0 Å². The van der Waals surface area contributed by atoms with Crippen LogP contribution in [0.15, 0.2) is 36.4 Å². The van der Waals surface area contributed by atoms with Crippen molar-refractivity contribution in [2.75, 3.05) is 32.7 Å². The molecule has 0 atom stereocenters. The maximum atomic E-state index is 12.5. The number of nitrogens with one attached hydrogen (secondary N) is 2. The Morgan fingerprint density at radius 2 is 1.67 bits per heavy atom. The van der Waals surface area contributed by atoms with E-state index in [1.165, 1.54) is 26.4 Å². The van der Waals surface area contributed by atoms with Crippen molar-refractivity contribution in [2.45, 2.75) is 13.3 Å². The second kappa shape index (κ2) is 10.7. The van der Waals surface area contributed by atoms with E-state index in [0.717, 1.165) is 12.0 Å². The Morgan fingerprint density at radius 1 is 1.03 bits per heavy atom. The largest absolute Gasteiger partial charge is 0.493 e. The number of primary amides is 1. The number of amides is 3. The molecule has 0 bridgehead atoms. The second-order valence-corrected chi connectivity index (χ2v) is 6.21. The molecule has 0 radical (unpaired) electrons. The maximum absolute atomic E-state index is 12.5. The third-order valence-corrected chi connectivity index (χ3v) is 4.16. The summed E-state index contributed by atoms with van der Waals surface area (Å²) in [5.41, 5.74) is 6.99. The van der Waals surface area contributed by atoms with Crippen molar-refractivity contribution in [3.05, 3.63) is 47.5 Å². The highest BCUT2D eigenvalue weighted by molar-refractivity contribution is 6.00. The van der Waals surface area contributed by atoms with Gasteiger partial charge in [-0.05, 0) is 30.2 Å². The number of rotatable bonds is 10. The zero-order valence-corrected chi connectivity index (χ0v) is 17.1. The van der Waals surface area contributed by atoms with Gasteiger partial charge in [0, 0.05) is 11.3 Å². The Kier molecular flexibility index (Phi) is 8.04. The van der Waals surface area contributed by atoms with Crippen LogP contribution in [0.3, 0.4) is 0 Å². The Bertz CT molecular complexity index is 904. The molecule has 9 heteroatoms. The van der Waals surface area contributed by atoms with Gasteiger partial charge in [0.05, 0.1) is 20.8 Å². The van der Waals surface area contributed by atoms with Crippen LogP contribution in [-0.4, -0.2) is 45.1 Å². The van der Waals surface area contributed by atoms with Gasteiger partial charge >= 0.3 is 0 Å². The molecule has 30 heavy (non-hydrogen) atoms. The lowest BCUT2D eigenvalue weighted by atomic mass is 10.1. The van der Waals surface area contributed by atoms with E-state index in [9.17, 15) is 14.4 Å². The van der Waals surface area contributed by atoms with E-state index in [1.54, 1.807) is 6.07 Å². The van der Waals surface area contributed by atoms with Crippen molar-refractivity contribution in [1.82, 2.24) is 5.32 Å². The van der Waals surface area contributed by atoms with E-state index in [0.29, 0.717) is 5.69 Å². The van der Waals surface area contributed by atoms with Gasteiger partial charge in [0.2, 0.25) is 11.7 Å². The molecule has 0 heterocycles. The molecular weight excluding hydrogens is 390 g/mol. The fraction of sp³-hybridized carbons (Fsp3) is 0.286. The van der Waals surface area contributed by atoms with Gasteiger partial charge in [-0.2, -0.15) is 0 Å². The summed E-state index contributed by atoms with van der Waals surface area (Å²) in [5.74, 6) is -1.03. The Labute approximate surface area is 174 Å². The highest BCUT2D eigenvalue weighted by Crippen LogP contribution is 2.38. The quantitative estimate of drug-likeness (QED) is 0.539. The van der Waals surface area contributed by atoms with Gasteiger partial charge < -0.3 is 30.6 Å². The number of carbonyl (C=O) groups is 3. The first-order chi connectivity index (χ1) is 14.4. The number of para-hydroxylation sites is 1. The van der Waals surface area contributed by atoms with Crippen molar-refractivity contribution in [1.29, 1.82) is 0 Å². The molecule has 0 saturated heterocycles. The van der Waals surface area contributed by atoms with E-state index >= 15 is 0 Å². The first-order valence-corrected chi connectivity index (χ1v) is 9.22. The minimum Gasteiger partial charge on any atom is -0.493 e. The van der Waals surface area contributed by atoms with Crippen LogP contribution < -0.4 is 30.6 Å². The second-order valence-electron chi connectivity index (χ2n) is 6.21. The number of anilines is 1. The fourth-order valence-electron chi connectivity index (χ4n) is 2.70. The fourth-order valence-corrected chi connectivity index (χ4v) is 2.70. The van der Waals surface area contributed by atoms with Crippen LogP contribution in [0.2, 0.25) is 0 Å². The topological polar surface area (TPSA) is 129 Å². The summed E-state index contributed by atoms with van der Waals surface area (Å²) in [6.45, 7) is 1.39. The third kappa shape index (κ3) is 5.87. The van der Waals surface area contributed by atoms with E-state index in [-0.39, 0.29) is 41.9 Å². The molecule has 0 saturated carbocycles. The number of hydrogen-bond acceptors (Lipinski definition) is 6. The molecule has 2 rings (SSSR count). The highest BCUT2D eigenvalue weighted by Gasteiger charge is 2.19. The number of benzene rings is 2. The van der Waals surface area contributed by atoms with Gasteiger partial charge in [0.1, 0.15) is 0 Å². The van der Waals surface area contributed by atoms with Gasteiger partial charge in [-0.25, -0.2) is 0 Å². The predicted molar refractivity (Wildman–Crippen MR) is 111 cm³/mol. The summed E-state index contributed by atoms with van der Waals surface area (Å²) in [7, 11) is 2.76. The van der Waals surface area contributed by atoms with Crippen LogP contribution >= 0.6 is 0 Å². The van der Waals surface area contributed by atoms with E-state index in [1.807, 2.05) is 25.1 Å². The summed E-state index contributed by atoms with van der Waals surface area (Å²) >= 11 is 0. The van der Waals surface area contributed by atoms with Crippen molar-refractivity contribution in [2.24, 2.45) is 5.73 Å². The highest BCUT2D eigenvalue weighted by atomic mass is 16.5. The summed E-state index contributed by atoms with van der Waals surface area (Å²) < 4.78 is 15.8. The lowest BCUT2D eigenvalue weighted by Gasteiger charge is -2.15. The number of methoxy groups -OCH3 is 2. The summed E-state index contributed by atoms with van der Waals surface area (Å²) in [6.07, 6.45) is 0.770. The minimum absolute atomic E-state index is 0.143. The third-order valence-electron chi connectivity index (χ3n) is 4.16. The van der Waals surface area contributed by atoms with Crippen LogP contribution in [0.25, 0.3) is 0 Å². The van der Waals surface area contributed by atoms with Crippen molar-refractivity contribution in [3.8, 4) is 17.2 Å². The normalized spacial score (nSPS) is 10.1. The number of ether oxygens (including phenoxy) is 3. The number of nitrogens with two attached hydrogens (primary N) is 1. The number of aryl methyl sites for hydroxylation is 1. The molecule has 0 aliphatic rings. The van der Waals surface area contributed by atoms with Crippen LogP contribution in [0.5, 0.6) is 17.2 Å². The molecule has 3 amide bonds. The first-order valence-electron chi connectivity index (χ1n) is 9.22. The Balaban J connectivity index is 2.08. The zero-order chi connectivity index (χ0) is 22.1. The van der Waals surface area contributed by atoms with E-state index in [2.05, 4.69) is 10.6 Å². The first kappa shape index (κ1) is 22.5. The van der Waals surface area contributed by atoms with Crippen LogP contribution in [0.4, 0.5) is 5.69 Å². The average molecular weight is 415 g/mol. The Morgan fingerprint density at radius 3 is 2.23 bits per heavy atom.